The highest BCUT2D eigenvalue weighted by Gasteiger charge is 2.12. The van der Waals surface area contributed by atoms with Gasteiger partial charge in [-0.05, 0) is 18.9 Å². The molecule has 1 heterocycles. The van der Waals surface area contributed by atoms with Crippen molar-refractivity contribution in [2.45, 2.75) is 32.7 Å². The number of nitrogens with zero attached hydrogens (tertiary/aromatic N) is 3. The maximum absolute atomic E-state index is 4.41. The third-order valence-corrected chi connectivity index (χ3v) is 2.72. The van der Waals surface area contributed by atoms with Crippen LogP contribution in [0.1, 0.15) is 26.7 Å². The summed E-state index contributed by atoms with van der Waals surface area (Å²) in [4.78, 5) is 10.7. The van der Waals surface area contributed by atoms with E-state index in [4.69, 9.17) is 0 Å². The average Bonchev–Trinajstić information content (AvgIpc) is 2.30. The Morgan fingerprint density at radius 1 is 1.40 bits per heavy atom. The van der Waals surface area contributed by atoms with E-state index in [-0.39, 0.29) is 0 Å². The molecule has 0 radical (unpaired) electrons. The van der Waals surface area contributed by atoms with Crippen LogP contribution in [-0.2, 0) is 0 Å². The fraction of sp³-hybridized carbons (Fsp3) is 0.636. The molecule has 0 atom stereocenters. The Kier molecular flexibility index (Phi) is 4.34. The summed E-state index contributed by atoms with van der Waals surface area (Å²) in [6.07, 6.45) is 4.05. The normalized spacial score (nSPS) is 10.5. The van der Waals surface area contributed by atoms with E-state index >= 15 is 0 Å². The van der Waals surface area contributed by atoms with Gasteiger partial charge in [0.1, 0.15) is 5.82 Å². The second-order valence-electron chi connectivity index (χ2n) is 3.57. The number of hydrogen-bond acceptors (Lipinski definition) is 4. The fourth-order valence-corrected chi connectivity index (χ4v) is 1.69. The van der Waals surface area contributed by atoms with Crippen molar-refractivity contribution in [3.8, 4) is 0 Å². The summed E-state index contributed by atoms with van der Waals surface area (Å²) < 4.78 is 0. The van der Waals surface area contributed by atoms with Crippen molar-refractivity contribution in [2.75, 3.05) is 24.3 Å². The Balaban J connectivity index is 2.84. The highest BCUT2D eigenvalue weighted by molar-refractivity contribution is 5.42. The Morgan fingerprint density at radius 2 is 2.07 bits per heavy atom. The third kappa shape index (κ3) is 2.81. The molecule has 1 N–H and O–H groups in total. The minimum Gasteiger partial charge on any atom is -0.357 e. The number of nitrogens with one attached hydrogen (secondary N) is 1. The van der Waals surface area contributed by atoms with Gasteiger partial charge in [-0.2, -0.15) is 4.98 Å². The average molecular weight is 208 g/mol. The lowest BCUT2D eigenvalue weighted by Gasteiger charge is -2.27. The summed E-state index contributed by atoms with van der Waals surface area (Å²) in [5, 5.41) is 2.95. The molecule has 0 aliphatic rings. The summed E-state index contributed by atoms with van der Waals surface area (Å²) in [6, 6.07) is 2.49. The first-order chi connectivity index (χ1) is 7.22. The van der Waals surface area contributed by atoms with Crippen LogP contribution in [0.5, 0.6) is 0 Å². The molecule has 0 unspecified atom stereocenters. The Hall–Kier alpha value is -1.32. The van der Waals surface area contributed by atoms with Crippen molar-refractivity contribution in [1.29, 1.82) is 0 Å². The molecule has 84 valence electrons. The number of rotatable bonds is 5. The molecule has 4 nitrogen and oxygen atoms in total. The van der Waals surface area contributed by atoms with Crippen LogP contribution >= 0.6 is 0 Å². The minimum atomic E-state index is 0.546. The van der Waals surface area contributed by atoms with Crippen LogP contribution in [0.25, 0.3) is 0 Å². The van der Waals surface area contributed by atoms with Gasteiger partial charge in [0.25, 0.3) is 0 Å². The smallest absolute Gasteiger partial charge is 0.224 e. The predicted molar refractivity (Wildman–Crippen MR) is 64.4 cm³/mol. The quantitative estimate of drug-likeness (QED) is 0.805. The number of anilines is 2. The van der Waals surface area contributed by atoms with Gasteiger partial charge in [-0.15, -0.1) is 0 Å². The van der Waals surface area contributed by atoms with E-state index in [2.05, 4.69) is 41.1 Å². The fourth-order valence-electron chi connectivity index (χ4n) is 1.69. The summed E-state index contributed by atoms with van der Waals surface area (Å²) in [5.41, 5.74) is 0. The van der Waals surface area contributed by atoms with Crippen molar-refractivity contribution >= 4 is 11.8 Å². The molecule has 0 aromatic carbocycles. The zero-order valence-electron chi connectivity index (χ0n) is 9.99. The van der Waals surface area contributed by atoms with Crippen molar-refractivity contribution < 1.29 is 0 Å². The monoisotopic (exact) mass is 208 g/mol. The topological polar surface area (TPSA) is 41.1 Å². The third-order valence-electron chi connectivity index (χ3n) is 2.72. The van der Waals surface area contributed by atoms with E-state index in [0.29, 0.717) is 12.0 Å². The predicted octanol–water partition coefficient (Wildman–Crippen LogP) is 2.14. The number of hydrogen-bond donors (Lipinski definition) is 1. The van der Waals surface area contributed by atoms with Gasteiger partial charge in [0.15, 0.2) is 0 Å². The molecule has 0 saturated carbocycles. The summed E-state index contributed by atoms with van der Waals surface area (Å²) in [6.45, 7) is 4.40. The molecular weight excluding hydrogens is 188 g/mol. The lowest BCUT2D eigenvalue weighted by atomic mass is 10.1. The largest absolute Gasteiger partial charge is 0.357 e. The standard InChI is InChI=1S/C11H20N4/c1-5-9(6-2)15(4)10-7-8-13-11(12-3)14-10/h7-9H,5-6H2,1-4H3,(H,12,13,14). The van der Waals surface area contributed by atoms with Crippen molar-refractivity contribution in [3.05, 3.63) is 12.3 Å². The van der Waals surface area contributed by atoms with E-state index in [0.717, 1.165) is 18.7 Å². The van der Waals surface area contributed by atoms with Crippen LogP contribution in [0, 0.1) is 0 Å². The van der Waals surface area contributed by atoms with E-state index in [1.54, 1.807) is 6.20 Å². The number of aromatic nitrogens is 2. The molecule has 1 aromatic heterocycles. The van der Waals surface area contributed by atoms with E-state index in [9.17, 15) is 0 Å². The Labute approximate surface area is 91.7 Å². The molecule has 0 amide bonds. The van der Waals surface area contributed by atoms with Gasteiger partial charge >= 0.3 is 0 Å². The van der Waals surface area contributed by atoms with Crippen LogP contribution in [0.3, 0.4) is 0 Å². The van der Waals surface area contributed by atoms with Gasteiger partial charge in [-0.1, -0.05) is 13.8 Å². The zero-order chi connectivity index (χ0) is 11.3. The van der Waals surface area contributed by atoms with E-state index in [1.807, 2.05) is 13.1 Å². The SMILES string of the molecule is CCC(CC)N(C)c1ccnc(NC)n1. The molecule has 15 heavy (non-hydrogen) atoms. The van der Waals surface area contributed by atoms with Gasteiger partial charge < -0.3 is 10.2 Å². The van der Waals surface area contributed by atoms with Crippen molar-refractivity contribution in [2.24, 2.45) is 0 Å². The second-order valence-corrected chi connectivity index (χ2v) is 3.57. The molecule has 0 fully saturated rings. The van der Waals surface area contributed by atoms with Gasteiger partial charge in [-0.3, -0.25) is 0 Å². The first-order valence-corrected chi connectivity index (χ1v) is 5.46. The summed E-state index contributed by atoms with van der Waals surface area (Å²) >= 11 is 0. The first-order valence-electron chi connectivity index (χ1n) is 5.46. The molecule has 1 aromatic rings. The van der Waals surface area contributed by atoms with E-state index < -0.39 is 0 Å². The molecule has 4 heteroatoms. The van der Waals surface area contributed by atoms with Crippen LogP contribution in [0.15, 0.2) is 12.3 Å². The van der Waals surface area contributed by atoms with Gasteiger partial charge in [0.05, 0.1) is 0 Å². The van der Waals surface area contributed by atoms with Crippen molar-refractivity contribution in [3.63, 3.8) is 0 Å². The zero-order valence-corrected chi connectivity index (χ0v) is 9.99. The van der Waals surface area contributed by atoms with Crippen LogP contribution in [0.4, 0.5) is 11.8 Å². The highest BCUT2D eigenvalue weighted by atomic mass is 15.2. The van der Waals surface area contributed by atoms with Gasteiger partial charge in [0, 0.05) is 26.3 Å². The van der Waals surface area contributed by atoms with Crippen molar-refractivity contribution in [1.82, 2.24) is 9.97 Å². The maximum Gasteiger partial charge on any atom is 0.224 e. The van der Waals surface area contributed by atoms with E-state index in [1.165, 1.54) is 0 Å². The molecular formula is C11H20N4. The van der Waals surface area contributed by atoms with Gasteiger partial charge in [-0.25, -0.2) is 4.98 Å². The molecule has 0 saturated heterocycles. The summed E-state index contributed by atoms with van der Waals surface area (Å²) in [5.74, 6) is 1.65. The maximum atomic E-state index is 4.41. The Morgan fingerprint density at radius 3 is 2.60 bits per heavy atom. The molecule has 0 aliphatic heterocycles. The van der Waals surface area contributed by atoms with Gasteiger partial charge in [0.2, 0.25) is 5.95 Å². The first kappa shape index (κ1) is 11.8. The molecule has 0 spiro atoms. The minimum absolute atomic E-state index is 0.546. The molecule has 1 rings (SSSR count). The lowest BCUT2D eigenvalue weighted by molar-refractivity contribution is 0.586. The van der Waals surface area contributed by atoms with Crippen LogP contribution < -0.4 is 10.2 Å². The molecule has 0 aliphatic carbocycles. The molecule has 0 bridgehead atoms. The lowest BCUT2D eigenvalue weighted by Crippen LogP contribution is -2.31. The Bertz CT molecular complexity index is 296. The highest BCUT2D eigenvalue weighted by Crippen LogP contribution is 2.16. The second kappa shape index (κ2) is 5.53. The van der Waals surface area contributed by atoms with Crippen LogP contribution in [-0.4, -0.2) is 30.1 Å². The van der Waals surface area contributed by atoms with Crippen LogP contribution in [0.2, 0.25) is 0 Å². The summed E-state index contributed by atoms with van der Waals surface area (Å²) in [7, 11) is 3.91.